The Balaban J connectivity index is 2.17. The van der Waals surface area contributed by atoms with E-state index in [2.05, 4.69) is 5.32 Å². The highest BCUT2D eigenvalue weighted by atomic mass is 16.5. The fourth-order valence-electron chi connectivity index (χ4n) is 2.70. The monoisotopic (exact) mass is 354 g/mol. The third-order valence-electron chi connectivity index (χ3n) is 4.23. The van der Waals surface area contributed by atoms with Crippen LogP contribution in [0, 0.1) is 0 Å². The van der Waals surface area contributed by atoms with E-state index in [1.54, 1.807) is 18.9 Å². The molecule has 5 nitrogen and oxygen atoms in total. The molecule has 2 aromatic rings. The summed E-state index contributed by atoms with van der Waals surface area (Å²) in [7, 11) is 1.61. The fourth-order valence-corrected chi connectivity index (χ4v) is 2.70. The highest BCUT2D eigenvalue weighted by molar-refractivity contribution is 5.88. The summed E-state index contributed by atoms with van der Waals surface area (Å²) in [5, 5.41) is 2.80. The second kappa shape index (κ2) is 9.61. The molecule has 0 radical (unpaired) electrons. The molecule has 26 heavy (non-hydrogen) atoms. The minimum absolute atomic E-state index is 0.0854. The lowest BCUT2D eigenvalue weighted by molar-refractivity contribution is -0.140. The van der Waals surface area contributed by atoms with E-state index in [0.717, 1.165) is 16.9 Å². The molecular formula is C21H26N2O3. The van der Waals surface area contributed by atoms with Crippen LogP contribution in [0.5, 0.6) is 5.75 Å². The van der Waals surface area contributed by atoms with Crippen molar-refractivity contribution in [3.05, 3.63) is 65.7 Å². The Labute approximate surface area is 155 Å². The molecule has 0 fully saturated rings. The van der Waals surface area contributed by atoms with Crippen molar-refractivity contribution >= 4 is 11.8 Å². The molecule has 0 bridgehead atoms. The number of carbonyl (C=O) groups excluding carboxylic acids is 2. The summed E-state index contributed by atoms with van der Waals surface area (Å²) < 4.78 is 5.15. The quantitative estimate of drug-likeness (QED) is 0.793. The van der Waals surface area contributed by atoms with Gasteiger partial charge in [-0.3, -0.25) is 9.59 Å². The average molecular weight is 354 g/mol. The van der Waals surface area contributed by atoms with E-state index >= 15 is 0 Å². The van der Waals surface area contributed by atoms with E-state index in [4.69, 9.17) is 4.74 Å². The Morgan fingerprint density at radius 2 is 1.69 bits per heavy atom. The van der Waals surface area contributed by atoms with Gasteiger partial charge < -0.3 is 15.0 Å². The van der Waals surface area contributed by atoms with Gasteiger partial charge in [-0.2, -0.15) is 0 Å². The SMILES string of the molecule is CCNC(=O)[C@@H](C)N(Cc1ccccc1)C(=O)Cc1ccc(OC)cc1. The molecule has 0 saturated carbocycles. The van der Waals surface area contributed by atoms with Crippen molar-refractivity contribution in [3.8, 4) is 5.75 Å². The van der Waals surface area contributed by atoms with E-state index in [9.17, 15) is 9.59 Å². The molecule has 0 saturated heterocycles. The Kier molecular flexibility index (Phi) is 7.21. The van der Waals surface area contributed by atoms with Crippen LogP contribution in [0.2, 0.25) is 0 Å². The number of hydrogen-bond donors (Lipinski definition) is 1. The second-order valence-corrected chi connectivity index (χ2v) is 6.10. The van der Waals surface area contributed by atoms with Crippen LogP contribution >= 0.6 is 0 Å². The van der Waals surface area contributed by atoms with Gasteiger partial charge in [0, 0.05) is 13.1 Å². The largest absolute Gasteiger partial charge is 0.497 e. The third-order valence-corrected chi connectivity index (χ3v) is 4.23. The molecular weight excluding hydrogens is 328 g/mol. The highest BCUT2D eigenvalue weighted by Crippen LogP contribution is 2.15. The van der Waals surface area contributed by atoms with E-state index in [-0.39, 0.29) is 18.2 Å². The van der Waals surface area contributed by atoms with Crippen molar-refractivity contribution in [1.82, 2.24) is 10.2 Å². The van der Waals surface area contributed by atoms with Crippen LogP contribution in [-0.4, -0.2) is 36.4 Å². The van der Waals surface area contributed by atoms with Gasteiger partial charge in [0.05, 0.1) is 13.5 Å². The number of ether oxygens (including phenoxy) is 1. The summed E-state index contributed by atoms with van der Waals surface area (Å²) in [4.78, 5) is 26.9. The first-order valence-electron chi connectivity index (χ1n) is 8.79. The molecule has 2 rings (SSSR count). The number of likely N-dealkylation sites (N-methyl/N-ethyl adjacent to an activating group) is 1. The van der Waals surface area contributed by atoms with E-state index in [1.807, 2.05) is 61.5 Å². The Morgan fingerprint density at radius 1 is 1.04 bits per heavy atom. The van der Waals surface area contributed by atoms with Gasteiger partial charge in [-0.15, -0.1) is 0 Å². The molecule has 2 aromatic carbocycles. The van der Waals surface area contributed by atoms with Crippen LogP contribution in [0.15, 0.2) is 54.6 Å². The first kappa shape index (κ1) is 19.5. The molecule has 1 atom stereocenters. The predicted octanol–water partition coefficient (Wildman–Crippen LogP) is 2.79. The van der Waals surface area contributed by atoms with Gasteiger partial charge in [0.2, 0.25) is 11.8 Å². The topological polar surface area (TPSA) is 58.6 Å². The maximum Gasteiger partial charge on any atom is 0.242 e. The molecule has 0 spiro atoms. The Morgan fingerprint density at radius 3 is 2.27 bits per heavy atom. The molecule has 2 amide bonds. The summed E-state index contributed by atoms with van der Waals surface area (Å²) >= 11 is 0. The zero-order valence-corrected chi connectivity index (χ0v) is 15.6. The number of hydrogen-bond acceptors (Lipinski definition) is 3. The van der Waals surface area contributed by atoms with Crippen LogP contribution in [0.1, 0.15) is 25.0 Å². The number of benzene rings is 2. The van der Waals surface area contributed by atoms with Gasteiger partial charge in [0.15, 0.2) is 0 Å². The van der Waals surface area contributed by atoms with Crippen molar-refractivity contribution in [1.29, 1.82) is 0 Å². The lowest BCUT2D eigenvalue weighted by Crippen LogP contribution is -2.48. The number of carbonyl (C=O) groups is 2. The lowest BCUT2D eigenvalue weighted by atomic mass is 10.1. The molecule has 0 unspecified atom stereocenters. The lowest BCUT2D eigenvalue weighted by Gasteiger charge is -2.28. The van der Waals surface area contributed by atoms with Gasteiger partial charge in [-0.25, -0.2) is 0 Å². The summed E-state index contributed by atoms with van der Waals surface area (Å²) in [6, 6.07) is 16.6. The third kappa shape index (κ3) is 5.34. The number of nitrogens with one attached hydrogen (secondary N) is 1. The van der Waals surface area contributed by atoms with Gasteiger partial charge >= 0.3 is 0 Å². The highest BCUT2D eigenvalue weighted by Gasteiger charge is 2.25. The molecule has 5 heteroatoms. The molecule has 0 heterocycles. The first-order chi connectivity index (χ1) is 12.5. The van der Waals surface area contributed by atoms with Crippen LogP contribution in [-0.2, 0) is 22.6 Å². The average Bonchev–Trinajstić information content (AvgIpc) is 2.67. The minimum atomic E-state index is -0.541. The van der Waals surface area contributed by atoms with Crippen LogP contribution in [0.3, 0.4) is 0 Å². The maximum absolute atomic E-state index is 12.9. The van der Waals surface area contributed by atoms with Crippen molar-refractivity contribution in [2.45, 2.75) is 32.9 Å². The van der Waals surface area contributed by atoms with Crippen molar-refractivity contribution in [2.24, 2.45) is 0 Å². The summed E-state index contributed by atoms with van der Waals surface area (Å²) in [5.74, 6) is 0.516. The smallest absolute Gasteiger partial charge is 0.242 e. The summed E-state index contributed by atoms with van der Waals surface area (Å²) in [6.45, 7) is 4.56. The zero-order valence-electron chi connectivity index (χ0n) is 15.6. The van der Waals surface area contributed by atoms with Crippen molar-refractivity contribution in [2.75, 3.05) is 13.7 Å². The van der Waals surface area contributed by atoms with Crippen LogP contribution in [0.25, 0.3) is 0 Å². The molecule has 0 aliphatic heterocycles. The van der Waals surface area contributed by atoms with Crippen LogP contribution < -0.4 is 10.1 Å². The van der Waals surface area contributed by atoms with Crippen molar-refractivity contribution < 1.29 is 14.3 Å². The number of rotatable bonds is 8. The van der Waals surface area contributed by atoms with Crippen molar-refractivity contribution in [3.63, 3.8) is 0 Å². The summed E-state index contributed by atoms with van der Waals surface area (Å²) in [5.41, 5.74) is 1.88. The minimum Gasteiger partial charge on any atom is -0.497 e. The zero-order chi connectivity index (χ0) is 18.9. The molecule has 0 aliphatic carbocycles. The number of amides is 2. The molecule has 0 aliphatic rings. The first-order valence-corrected chi connectivity index (χ1v) is 8.79. The van der Waals surface area contributed by atoms with E-state index in [1.165, 1.54) is 0 Å². The Hall–Kier alpha value is -2.82. The summed E-state index contributed by atoms with van der Waals surface area (Å²) in [6.07, 6.45) is 0.237. The predicted molar refractivity (Wildman–Crippen MR) is 102 cm³/mol. The van der Waals surface area contributed by atoms with Crippen LogP contribution in [0.4, 0.5) is 0 Å². The molecule has 1 N–H and O–H groups in total. The fraction of sp³-hybridized carbons (Fsp3) is 0.333. The number of methoxy groups -OCH3 is 1. The van der Waals surface area contributed by atoms with E-state index < -0.39 is 6.04 Å². The standard InChI is InChI=1S/C21H26N2O3/c1-4-22-21(25)16(2)23(15-18-8-6-5-7-9-18)20(24)14-17-10-12-19(26-3)13-11-17/h5-13,16H,4,14-15H2,1-3H3,(H,22,25)/t16-/m1/s1. The molecule has 0 aromatic heterocycles. The Bertz CT molecular complexity index is 714. The van der Waals surface area contributed by atoms with Gasteiger partial charge in [-0.1, -0.05) is 42.5 Å². The van der Waals surface area contributed by atoms with Gasteiger partial charge in [-0.05, 0) is 37.1 Å². The van der Waals surface area contributed by atoms with E-state index in [0.29, 0.717) is 13.1 Å². The number of nitrogens with zero attached hydrogens (tertiary/aromatic N) is 1. The molecule has 138 valence electrons. The normalized spacial score (nSPS) is 11.5. The second-order valence-electron chi connectivity index (χ2n) is 6.10. The van der Waals surface area contributed by atoms with Gasteiger partial charge in [0.1, 0.15) is 11.8 Å². The maximum atomic E-state index is 12.9. The van der Waals surface area contributed by atoms with Gasteiger partial charge in [0.25, 0.3) is 0 Å².